The molecule has 2 saturated heterocycles. The number of nitrogens with zero attached hydrogens (tertiary/aromatic N) is 1. The average molecular weight is 288 g/mol. The van der Waals surface area contributed by atoms with E-state index in [1.807, 2.05) is 0 Å². The molecule has 0 amide bonds. The summed E-state index contributed by atoms with van der Waals surface area (Å²) in [7, 11) is 0. The lowest BCUT2D eigenvalue weighted by molar-refractivity contribution is 0.254. The monoisotopic (exact) mass is 288 g/mol. The first-order chi connectivity index (χ1) is 10.2. The predicted octanol–water partition coefficient (Wildman–Crippen LogP) is 1.52. The highest BCUT2D eigenvalue weighted by Gasteiger charge is 2.28. The molecule has 0 aliphatic carbocycles. The second kappa shape index (κ2) is 6.88. The first-order valence-corrected chi connectivity index (χ1v) is 8.25. The van der Waals surface area contributed by atoms with Gasteiger partial charge in [-0.05, 0) is 25.8 Å². The Morgan fingerprint density at radius 3 is 2.86 bits per heavy atom. The number of rotatable bonds is 5. The van der Waals surface area contributed by atoms with Crippen molar-refractivity contribution in [3.8, 4) is 0 Å². The van der Waals surface area contributed by atoms with Gasteiger partial charge in [-0.15, -0.1) is 0 Å². The second-order valence-corrected chi connectivity index (χ2v) is 6.55. The smallest absolute Gasteiger partial charge is 0.0320 e. The Bertz CT molecular complexity index is 436. The van der Waals surface area contributed by atoms with E-state index in [4.69, 9.17) is 0 Å². The van der Waals surface area contributed by atoms with Crippen molar-refractivity contribution in [3.05, 3.63) is 35.9 Å². The van der Waals surface area contributed by atoms with E-state index in [1.165, 1.54) is 18.5 Å². The molecule has 0 aromatic heterocycles. The zero-order valence-corrected chi connectivity index (χ0v) is 13.2. The van der Waals surface area contributed by atoms with Crippen molar-refractivity contribution in [2.45, 2.75) is 38.4 Å². The van der Waals surface area contributed by atoms with Gasteiger partial charge in [0.1, 0.15) is 0 Å². The van der Waals surface area contributed by atoms with Gasteiger partial charge in [-0.3, -0.25) is 15.8 Å². The summed E-state index contributed by atoms with van der Waals surface area (Å²) in [6.07, 6.45) is 1.26. The largest absolute Gasteiger partial charge is 0.312 e. The van der Waals surface area contributed by atoms with Crippen LogP contribution in [0.3, 0.4) is 0 Å². The van der Waals surface area contributed by atoms with Crippen LogP contribution >= 0.6 is 0 Å². The minimum atomic E-state index is 0.520. The zero-order chi connectivity index (χ0) is 14.7. The van der Waals surface area contributed by atoms with Crippen molar-refractivity contribution < 1.29 is 0 Å². The van der Waals surface area contributed by atoms with Crippen LogP contribution in [0.4, 0.5) is 0 Å². The molecule has 2 aliphatic heterocycles. The molecule has 2 fully saturated rings. The van der Waals surface area contributed by atoms with Crippen molar-refractivity contribution in [3.63, 3.8) is 0 Å². The molecule has 3 rings (SSSR count). The Morgan fingerprint density at radius 2 is 2.14 bits per heavy atom. The van der Waals surface area contributed by atoms with Crippen LogP contribution < -0.4 is 16.2 Å². The van der Waals surface area contributed by atoms with Crippen LogP contribution in [0.5, 0.6) is 0 Å². The van der Waals surface area contributed by atoms with Crippen molar-refractivity contribution >= 4 is 0 Å². The minimum absolute atomic E-state index is 0.520. The van der Waals surface area contributed by atoms with E-state index in [2.05, 4.69) is 65.2 Å². The molecule has 2 aliphatic rings. The van der Waals surface area contributed by atoms with Crippen molar-refractivity contribution in [1.82, 2.24) is 21.1 Å². The Labute approximate surface area is 128 Å². The van der Waals surface area contributed by atoms with Crippen molar-refractivity contribution in [1.29, 1.82) is 0 Å². The normalized spacial score (nSPS) is 31.6. The lowest BCUT2D eigenvalue weighted by Crippen LogP contribution is -2.39. The van der Waals surface area contributed by atoms with Crippen molar-refractivity contribution in [2.24, 2.45) is 5.92 Å². The molecule has 1 aromatic carbocycles. The standard InChI is InChI=1S/C17H28N4/c1-13-16(11-19-20-13)10-18-17-8-9-21(12-17)14(2)15-6-4-3-5-7-15/h3-7,13-14,16-20H,8-12H2,1-2H3. The van der Waals surface area contributed by atoms with E-state index in [9.17, 15) is 0 Å². The van der Waals surface area contributed by atoms with E-state index < -0.39 is 0 Å². The average Bonchev–Trinajstić information content (AvgIpc) is 3.14. The molecular formula is C17H28N4. The van der Waals surface area contributed by atoms with Gasteiger partial charge in [0.15, 0.2) is 0 Å². The zero-order valence-electron chi connectivity index (χ0n) is 13.2. The fourth-order valence-corrected chi connectivity index (χ4v) is 3.46. The van der Waals surface area contributed by atoms with Gasteiger partial charge in [-0.2, -0.15) is 0 Å². The maximum Gasteiger partial charge on any atom is 0.0320 e. The van der Waals surface area contributed by atoms with Crippen LogP contribution in [0, 0.1) is 5.92 Å². The van der Waals surface area contributed by atoms with E-state index >= 15 is 0 Å². The molecule has 2 heterocycles. The third kappa shape index (κ3) is 3.64. The van der Waals surface area contributed by atoms with Crippen LogP contribution in [-0.2, 0) is 0 Å². The summed E-state index contributed by atoms with van der Waals surface area (Å²) in [4.78, 5) is 2.60. The molecule has 1 aromatic rings. The fraction of sp³-hybridized carbons (Fsp3) is 0.647. The lowest BCUT2D eigenvalue weighted by Gasteiger charge is -2.25. The predicted molar refractivity (Wildman–Crippen MR) is 86.9 cm³/mol. The summed E-state index contributed by atoms with van der Waals surface area (Å²) in [5.74, 6) is 0.700. The summed E-state index contributed by atoms with van der Waals surface area (Å²) in [5, 5.41) is 3.77. The molecule has 116 valence electrons. The summed E-state index contributed by atoms with van der Waals surface area (Å²) in [5.41, 5.74) is 7.97. The molecule has 0 spiro atoms. The van der Waals surface area contributed by atoms with Crippen LogP contribution in [0.2, 0.25) is 0 Å². The maximum absolute atomic E-state index is 3.77. The van der Waals surface area contributed by atoms with E-state index in [1.54, 1.807) is 0 Å². The van der Waals surface area contributed by atoms with Gasteiger partial charge in [-0.25, -0.2) is 0 Å². The van der Waals surface area contributed by atoms with Gasteiger partial charge in [0.25, 0.3) is 0 Å². The highest BCUT2D eigenvalue weighted by molar-refractivity contribution is 5.18. The van der Waals surface area contributed by atoms with Crippen LogP contribution in [-0.4, -0.2) is 43.2 Å². The van der Waals surface area contributed by atoms with E-state index in [0.29, 0.717) is 24.0 Å². The molecule has 0 radical (unpaired) electrons. The Balaban J connectivity index is 1.47. The maximum atomic E-state index is 3.77. The van der Waals surface area contributed by atoms with Crippen molar-refractivity contribution in [2.75, 3.05) is 26.2 Å². The number of nitrogens with one attached hydrogen (secondary N) is 3. The lowest BCUT2D eigenvalue weighted by atomic mass is 10.0. The first kappa shape index (κ1) is 15.0. The molecule has 0 bridgehead atoms. The third-order valence-corrected chi connectivity index (χ3v) is 5.12. The van der Waals surface area contributed by atoms with Gasteiger partial charge in [0.2, 0.25) is 0 Å². The Kier molecular flexibility index (Phi) is 4.91. The molecule has 4 atom stereocenters. The molecule has 4 nitrogen and oxygen atoms in total. The Hall–Kier alpha value is -0.940. The van der Waals surface area contributed by atoms with Gasteiger partial charge < -0.3 is 5.32 Å². The quantitative estimate of drug-likeness (QED) is 0.768. The molecule has 4 heteroatoms. The van der Waals surface area contributed by atoms with E-state index in [-0.39, 0.29) is 0 Å². The molecule has 4 unspecified atom stereocenters. The second-order valence-electron chi connectivity index (χ2n) is 6.55. The minimum Gasteiger partial charge on any atom is -0.312 e. The molecular weight excluding hydrogens is 260 g/mol. The highest BCUT2D eigenvalue weighted by Crippen LogP contribution is 2.24. The van der Waals surface area contributed by atoms with Gasteiger partial charge in [-0.1, -0.05) is 30.3 Å². The van der Waals surface area contributed by atoms with Crippen LogP contribution in [0.15, 0.2) is 30.3 Å². The number of hydrogen-bond donors (Lipinski definition) is 3. The number of hydrogen-bond acceptors (Lipinski definition) is 4. The number of likely N-dealkylation sites (tertiary alicyclic amines) is 1. The summed E-state index contributed by atoms with van der Waals surface area (Å²) in [6.45, 7) is 9.13. The van der Waals surface area contributed by atoms with Crippen LogP contribution in [0.25, 0.3) is 0 Å². The van der Waals surface area contributed by atoms with Gasteiger partial charge in [0.05, 0.1) is 0 Å². The highest BCUT2D eigenvalue weighted by atomic mass is 15.4. The molecule has 0 saturated carbocycles. The summed E-state index contributed by atoms with van der Waals surface area (Å²) >= 11 is 0. The molecule has 3 N–H and O–H groups in total. The Morgan fingerprint density at radius 1 is 1.33 bits per heavy atom. The van der Waals surface area contributed by atoms with Crippen LogP contribution in [0.1, 0.15) is 31.9 Å². The number of hydrazine groups is 1. The first-order valence-electron chi connectivity index (χ1n) is 8.25. The topological polar surface area (TPSA) is 39.3 Å². The SMILES string of the molecule is CC1NNCC1CNC1CCN(C(C)c2ccccc2)C1. The fourth-order valence-electron chi connectivity index (χ4n) is 3.46. The summed E-state index contributed by atoms with van der Waals surface area (Å²) < 4.78 is 0. The molecule has 21 heavy (non-hydrogen) atoms. The third-order valence-electron chi connectivity index (χ3n) is 5.12. The number of benzene rings is 1. The van der Waals surface area contributed by atoms with Gasteiger partial charge >= 0.3 is 0 Å². The summed E-state index contributed by atoms with van der Waals surface area (Å²) in [6, 6.07) is 12.6. The van der Waals surface area contributed by atoms with E-state index in [0.717, 1.165) is 19.6 Å². The van der Waals surface area contributed by atoms with Gasteiger partial charge in [0, 0.05) is 50.2 Å².